The number of nitrogens with two attached hydrogens (primary N) is 1. The number of nitrogens with zero attached hydrogens (tertiary/aromatic N) is 5. The van der Waals surface area contributed by atoms with Gasteiger partial charge in [0.1, 0.15) is 0 Å². The Morgan fingerprint density at radius 1 is 1.42 bits per heavy atom. The van der Waals surface area contributed by atoms with Crippen LogP contribution in [0, 0.1) is 0 Å². The Bertz CT molecular complexity index is 624. The van der Waals surface area contributed by atoms with Crippen LogP contribution in [-0.4, -0.2) is 52.8 Å². The lowest BCUT2D eigenvalue weighted by atomic mass is 10.1. The molecule has 2 aromatic rings. The maximum Gasteiger partial charge on any atom is 0.188 e. The fourth-order valence-electron chi connectivity index (χ4n) is 2.28. The summed E-state index contributed by atoms with van der Waals surface area (Å²) in [4.78, 5) is 10.8. The maximum atomic E-state index is 5.95. The van der Waals surface area contributed by atoms with E-state index in [2.05, 4.69) is 25.3 Å². The molecular formula is C16H26IN7. The number of aromatic nitrogens is 3. The van der Waals surface area contributed by atoms with E-state index < -0.39 is 0 Å². The normalized spacial score (nSPS) is 12.8. The van der Waals surface area contributed by atoms with Gasteiger partial charge in [0.2, 0.25) is 0 Å². The van der Waals surface area contributed by atoms with E-state index in [0.29, 0.717) is 19.0 Å². The largest absolute Gasteiger partial charge is 0.370 e. The van der Waals surface area contributed by atoms with Gasteiger partial charge in [0.05, 0.1) is 18.8 Å². The smallest absolute Gasteiger partial charge is 0.188 e. The highest BCUT2D eigenvalue weighted by atomic mass is 127. The van der Waals surface area contributed by atoms with Crippen molar-refractivity contribution >= 4 is 29.9 Å². The predicted molar refractivity (Wildman–Crippen MR) is 107 cm³/mol. The summed E-state index contributed by atoms with van der Waals surface area (Å²) < 4.78 is 1.80. The van der Waals surface area contributed by atoms with Crippen LogP contribution in [0.25, 0.3) is 0 Å². The van der Waals surface area contributed by atoms with Crippen LogP contribution in [0.2, 0.25) is 0 Å². The number of hydrogen-bond acceptors (Lipinski definition) is 4. The second kappa shape index (κ2) is 10.2. The van der Waals surface area contributed by atoms with Gasteiger partial charge in [0.15, 0.2) is 5.96 Å². The van der Waals surface area contributed by atoms with Gasteiger partial charge in [0, 0.05) is 43.7 Å². The highest BCUT2D eigenvalue weighted by Gasteiger charge is 2.15. The predicted octanol–water partition coefficient (Wildman–Crippen LogP) is 1.18. The molecule has 0 radical (unpaired) electrons. The average Bonchev–Trinajstić information content (AvgIpc) is 2.94. The van der Waals surface area contributed by atoms with Crippen molar-refractivity contribution in [3.05, 3.63) is 48.0 Å². The summed E-state index contributed by atoms with van der Waals surface area (Å²) in [5.41, 5.74) is 8.11. The number of nitrogens with one attached hydrogen (secondary N) is 1. The molecule has 2 aromatic heterocycles. The highest BCUT2D eigenvalue weighted by molar-refractivity contribution is 14.0. The van der Waals surface area contributed by atoms with Crippen LogP contribution in [0.3, 0.4) is 0 Å². The standard InChI is InChI=1S/C16H25N7.HI/c1-22(2)15(13-10-21-23(3)12-13)11-20-16(17)19-9-7-14-6-4-5-8-18-14;/h4-6,8,10,12,15H,7,9,11H2,1-3H3,(H3,17,19,20);1H. The molecule has 0 aliphatic carbocycles. The van der Waals surface area contributed by atoms with Gasteiger partial charge in [-0.05, 0) is 26.2 Å². The fourth-order valence-corrected chi connectivity index (χ4v) is 2.28. The molecule has 8 heteroatoms. The first kappa shape index (κ1) is 20.4. The van der Waals surface area contributed by atoms with Gasteiger partial charge in [-0.15, -0.1) is 24.0 Å². The minimum atomic E-state index is 0. The zero-order valence-electron chi connectivity index (χ0n) is 14.4. The first-order valence-corrected chi connectivity index (χ1v) is 7.65. The van der Waals surface area contributed by atoms with Crippen LogP contribution in [0.4, 0.5) is 0 Å². The summed E-state index contributed by atoms with van der Waals surface area (Å²) in [6.07, 6.45) is 6.48. The van der Waals surface area contributed by atoms with Crippen LogP contribution in [-0.2, 0) is 13.5 Å². The molecule has 2 heterocycles. The Morgan fingerprint density at radius 3 is 2.79 bits per heavy atom. The van der Waals surface area contributed by atoms with Crippen molar-refractivity contribution in [3.63, 3.8) is 0 Å². The molecule has 0 fully saturated rings. The summed E-state index contributed by atoms with van der Waals surface area (Å²) in [5, 5.41) is 7.35. The molecule has 24 heavy (non-hydrogen) atoms. The third kappa shape index (κ3) is 6.44. The first-order valence-electron chi connectivity index (χ1n) is 7.65. The second-order valence-corrected chi connectivity index (χ2v) is 5.65. The Kier molecular flexibility index (Phi) is 8.69. The summed E-state index contributed by atoms with van der Waals surface area (Å²) in [5.74, 6) is 0.455. The molecule has 0 bridgehead atoms. The summed E-state index contributed by atoms with van der Waals surface area (Å²) in [6.45, 7) is 1.30. The number of rotatable bonds is 7. The van der Waals surface area contributed by atoms with Crippen molar-refractivity contribution in [2.75, 3.05) is 27.2 Å². The highest BCUT2D eigenvalue weighted by Crippen LogP contribution is 2.17. The maximum absolute atomic E-state index is 5.95. The summed E-state index contributed by atoms with van der Waals surface area (Å²) in [7, 11) is 5.96. The Hall–Kier alpha value is -1.68. The van der Waals surface area contributed by atoms with Crippen LogP contribution < -0.4 is 11.1 Å². The van der Waals surface area contributed by atoms with E-state index in [0.717, 1.165) is 17.7 Å². The van der Waals surface area contributed by atoms with Crippen molar-refractivity contribution in [2.45, 2.75) is 12.5 Å². The van der Waals surface area contributed by atoms with Crippen LogP contribution >= 0.6 is 24.0 Å². The lowest BCUT2D eigenvalue weighted by Gasteiger charge is -2.21. The minimum Gasteiger partial charge on any atom is -0.370 e. The lowest BCUT2D eigenvalue weighted by molar-refractivity contribution is 0.306. The van der Waals surface area contributed by atoms with Crippen molar-refractivity contribution in [3.8, 4) is 0 Å². The van der Waals surface area contributed by atoms with Crippen LogP contribution in [0.15, 0.2) is 41.8 Å². The molecule has 0 aromatic carbocycles. The molecule has 1 atom stereocenters. The van der Waals surface area contributed by atoms with E-state index >= 15 is 0 Å². The van der Waals surface area contributed by atoms with E-state index in [1.165, 1.54) is 0 Å². The number of likely N-dealkylation sites (N-methyl/N-ethyl adjacent to an activating group) is 1. The van der Waals surface area contributed by atoms with Crippen molar-refractivity contribution in [1.82, 2.24) is 25.0 Å². The number of guanidine groups is 1. The van der Waals surface area contributed by atoms with Gasteiger partial charge in [0.25, 0.3) is 0 Å². The molecule has 1 unspecified atom stereocenters. The molecular weight excluding hydrogens is 417 g/mol. The number of halogens is 1. The SMILES string of the molecule is CN(C)C(CN=C(N)NCCc1ccccn1)c1cnn(C)c1.I. The van der Waals surface area contributed by atoms with E-state index in [-0.39, 0.29) is 30.0 Å². The molecule has 0 saturated carbocycles. The number of aliphatic imine (C=N–C) groups is 1. The van der Waals surface area contributed by atoms with E-state index in [1.807, 2.05) is 51.7 Å². The zero-order chi connectivity index (χ0) is 16.7. The monoisotopic (exact) mass is 443 g/mol. The fraction of sp³-hybridized carbons (Fsp3) is 0.438. The van der Waals surface area contributed by atoms with Gasteiger partial charge in [-0.1, -0.05) is 6.07 Å². The summed E-state index contributed by atoms with van der Waals surface area (Å²) in [6, 6.07) is 6.04. The number of hydrogen-bond donors (Lipinski definition) is 2. The average molecular weight is 443 g/mol. The molecule has 0 saturated heterocycles. The molecule has 0 amide bonds. The third-order valence-electron chi connectivity index (χ3n) is 3.58. The molecule has 7 nitrogen and oxygen atoms in total. The minimum absolute atomic E-state index is 0. The van der Waals surface area contributed by atoms with Crippen molar-refractivity contribution in [1.29, 1.82) is 0 Å². The molecule has 0 spiro atoms. The first-order chi connectivity index (χ1) is 11.1. The Labute approximate surface area is 160 Å². The number of aryl methyl sites for hydroxylation is 1. The van der Waals surface area contributed by atoms with E-state index in [4.69, 9.17) is 5.73 Å². The van der Waals surface area contributed by atoms with Crippen molar-refractivity contribution < 1.29 is 0 Å². The quantitative estimate of drug-likeness (QED) is 0.382. The van der Waals surface area contributed by atoms with Gasteiger partial charge in [-0.2, -0.15) is 5.10 Å². The van der Waals surface area contributed by atoms with Gasteiger partial charge >= 0.3 is 0 Å². The molecule has 3 N–H and O–H groups in total. The molecule has 0 aliphatic heterocycles. The van der Waals surface area contributed by atoms with Crippen molar-refractivity contribution in [2.24, 2.45) is 17.8 Å². The van der Waals surface area contributed by atoms with Gasteiger partial charge in [-0.25, -0.2) is 0 Å². The third-order valence-corrected chi connectivity index (χ3v) is 3.58. The molecule has 0 aliphatic rings. The van der Waals surface area contributed by atoms with Gasteiger partial charge in [-0.3, -0.25) is 14.7 Å². The zero-order valence-corrected chi connectivity index (χ0v) is 16.7. The summed E-state index contributed by atoms with van der Waals surface area (Å²) >= 11 is 0. The second-order valence-electron chi connectivity index (χ2n) is 5.65. The van der Waals surface area contributed by atoms with Gasteiger partial charge < -0.3 is 16.0 Å². The Morgan fingerprint density at radius 2 is 2.21 bits per heavy atom. The topological polar surface area (TPSA) is 84.4 Å². The van der Waals surface area contributed by atoms with Crippen LogP contribution in [0.1, 0.15) is 17.3 Å². The molecule has 2 rings (SSSR count). The van der Waals surface area contributed by atoms with Crippen LogP contribution in [0.5, 0.6) is 0 Å². The van der Waals surface area contributed by atoms with E-state index in [9.17, 15) is 0 Å². The number of pyridine rings is 1. The van der Waals surface area contributed by atoms with E-state index in [1.54, 1.807) is 10.9 Å². The Balaban J connectivity index is 0.00000288. The lowest BCUT2D eigenvalue weighted by Crippen LogP contribution is -2.34. The molecule has 132 valence electrons.